The monoisotopic (exact) mass is 353 g/mol. The van der Waals surface area contributed by atoms with Crippen molar-refractivity contribution in [2.45, 2.75) is 48.7 Å². The normalized spacial score (nSPS) is 21.3. The molecular formula is C18H24ClNO2S. The highest BCUT2D eigenvalue weighted by Crippen LogP contribution is 2.47. The molecule has 5 heteroatoms. The van der Waals surface area contributed by atoms with Crippen LogP contribution in [0.4, 0.5) is 0 Å². The maximum Gasteiger partial charge on any atom is 0.339 e. The van der Waals surface area contributed by atoms with E-state index in [2.05, 4.69) is 5.32 Å². The van der Waals surface area contributed by atoms with Gasteiger partial charge in [-0.05, 0) is 75.2 Å². The van der Waals surface area contributed by atoms with Gasteiger partial charge in [0.2, 0.25) is 0 Å². The fraction of sp³-hybridized carbons (Fsp3) is 0.611. The zero-order chi connectivity index (χ0) is 16.3. The van der Waals surface area contributed by atoms with Gasteiger partial charge in [-0.25, -0.2) is 4.79 Å². The van der Waals surface area contributed by atoms with Gasteiger partial charge in [0, 0.05) is 10.1 Å². The average Bonchev–Trinajstić information content (AvgIpc) is 2.57. The molecule has 1 aliphatic heterocycles. The van der Waals surface area contributed by atoms with Gasteiger partial charge in [0.1, 0.15) is 0 Å². The van der Waals surface area contributed by atoms with Gasteiger partial charge in [-0.3, -0.25) is 0 Å². The number of halogens is 1. The molecule has 1 saturated carbocycles. The first-order valence-corrected chi connectivity index (χ1v) is 9.63. The lowest BCUT2D eigenvalue weighted by atomic mass is 9.68. The Bertz CT molecular complexity index is 562. The number of carbonyl (C=O) groups excluding carboxylic acids is 1. The number of hydrogen-bond donors (Lipinski definition) is 1. The molecule has 0 aromatic heterocycles. The number of esters is 1. The summed E-state index contributed by atoms with van der Waals surface area (Å²) >= 11 is 8.12. The molecule has 2 fully saturated rings. The van der Waals surface area contributed by atoms with Crippen molar-refractivity contribution in [1.29, 1.82) is 0 Å². The zero-order valence-electron chi connectivity index (χ0n) is 13.6. The van der Waals surface area contributed by atoms with E-state index < -0.39 is 0 Å². The fourth-order valence-corrected chi connectivity index (χ4v) is 5.33. The summed E-state index contributed by atoms with van der Waals surface area (Å²) in [5, 5.41) is 4.62. The molecule has 23 heavy (non-hydrogen) atoms. The number of carbonyl (C=O) groups is 1. The van der Waals surface area contributed by atoms with Gasteiger partial charge in [0.25, 0.3) is 0 Å². The summed E-state index contributed by atoms with van der Waals surface area (Å²) in [6.45, 7) is 2.37. The van der Waals surface area contributed by atoms with Crippen molar-refractivity contribution in [3.8, 4) is 0 Å². The van der Waals surface area contributed by atoms with Gasteiger partial charge >= 0.3 is 5.97 Å². The van der Waals surface area contributed by atoms with Crippen LogP contribution in [0.25, 0.3) is 0 Å². The number of methoxy groups -OCH3 is 1. The van der Waals surface area contributed by atoms with Crippen molar-refractivity contribution >= 4 is 29.3 Å². The van der Waals surface area contributed by atoms with Crippen molar-refractivity contribution in [3.63, 3.8) is 0 Å². The number of piperidine rings is 1. The van der Waals surface area contributed by atoms with Crippen LogP contribution in [-0.4, -0.2) is 31.4 Å². The van der Waals surface area contributed by atoms with Crippen LogP contribution in [0.3, 0.4) is 0 Å². The smallest absolute Gasteiger partial charge is 0.339 e. The average molecular weight is 354 g/mol. The molecule has 0 bridgehead atoms. The Morgan fingerprint density at radius 1 is 1.26 bits per heavy atom. The van der Waals surface area contributed by atoms with Crippen molar-refractivity contribution in [2.75, 3.05) is 20.2 Å². The molecule has 0 atom stereocenters. The third-order valence-corrected chi connectivity index (χ3v) is 6.95. The van der Waals surface area contributed by atoms with Gasteiger partial charge in [0.05, 0.1) is 17.7 Å². The summed E-state index contributed by atoms with van der Waals surface area (Å²) in [5.74, 6) is -0.378. The molecule has 1 aliphatic carbocycles. The number of nitrogens with one attached hydrogen (secondary N) is 1. The maximum atomic E-state index is 11.6. The van der Waals surface area contributed by atoms with Gasteiger partial charge in [-0.1, -0.05) is 11.6 Å². The van der Waals surface area contributed by atoms with Crippen LogP contribution in [-0.2, 0) is 4.74 Å². The molecule has 1 heterocycles. The van der Waals surface area contributed by atoms with Gasteiger partial charge < -0.3 is 10.1 Å². The lowest BCUT2D eigenvalue weighted by Crippen LogP contribution is -2.39. The van der Waals surface area contributed by atoms with Gasteiger partial charge in [-0.2, -0.15) is 0 Å². The molecule has 0 amide bonds. The van der Waals surface area contributed by atoms with E-state index >= 15 is 0 Å². The summed E-state index contributed by atoms with van der Waals surface area (Å²) in [4.78, 5) is 12.7. The summed E-state index contributed by atoms with van der Waals surface area (Å²) in [6, 6.07) is 5.65. The highest BCUT2D eigenvalue weighted by atomic mass is 35.5. The third-order valence-electron chi connectivity index (χ3n) is 5.31. The number of hydrogen-bond acceptors (Lipinski definition) is 4. The van der Waals surface area contributed by atoms with E-state index in [1.165, 1.54) is 58.7 Å². The second kappa shape index (κ2) is 7.45. The Labute approximate surface area is 147 Å². The molecule has 1 spiro atoms. The second-order valence-corrected chi connectivity index (χ2v) is 8.48. The second-order valence-electron chi connectivity index (χ2n) is 6.70. The summed E-state index contributed by atoms with van der Waals surface area (Å²) in [7, 11) is 1.37. The molecule has 3 nitrogen and oxygen atoms in total. The van der Waals surface area contributed by atoms with Crippen molar-refractivity contribution in [2.24, 2.45) is 5.41 Å². The van der Waals surface area contributed by atoms with Crippen molar-refractivity contribution < 1.29 is 9.53 Å². The van der Waals surface area contributed by atoms with Crippen LogP contribution in [0, 0.1) is 5.41 Å². The fourth-order valence-electron chi connectivity index (χ4n) is 3.82. The lowest BCUT2D eigenvalue weighted by Gasteiger charge is -2.43. The van der Waals surface area contributed by atoms with Crippen LogP contribution >= 0.6 is 23.4 Å². The topological polar surface area (TPSA) is 38.3 Å². The van der Waals surface area contributed by atoms with E-state index in [4.69, 9.17) is 16.3 Å². The van der Waals surface area contributed by atoms with E-state index in [-0.39, 0.29) is 5.97 Å². The molecule has 2 aliphatic rings. The zero-order valence-corrected chi connectivity index (χ0v) is 15.1. The molecule has 3 rings (SSSR count). The number of benzene rings is 1. The molecule has 1 N–H and O–H groups in total. The SMILES string of the molecule is COC(=O)c1ccc(SC2CCC3(CCNCC3)CC2)cc1Cl. The highest BCUT2D eigenvalue weighted by molar-refractivity contribution is 8.00. The highest BCUT2D eigenvalue weighted by Gasteiger charge is 2.36. The summed E-state index contributed by atoms with van der Waals surface area (Å²) in [6.07, 6.45) is 7.93. The van der Waals surface area contributed by atoms with Crippen molar-refractivity contribution in [1.82, 2.24) is 5.32 Å². The minimum atomic E-state index is -0.378. The van der Waals surface area contributed by atoms with E-state index in [1.54, 1.807) is 6.07 Å². The van der Waals surface area contributed by atoms with Crippen LogP contribution in [0.5, 0.6) is 0 Å². The van der Waals surface area contributed by atoms with Crippen molar-refractivity contribution in [3.05, 3.63) is 28.8 Å². The standard InChI is InChI=1S/C18H24ClNO2S/c1-22-17(21)15-3-2-14(12-16(15)19)23-13-4-6-18(7-5-13)8-10-20-11-9-18/h2-3,12-13,20H,4-11H2,1H3. The Hall–Kier alpha value is -0.710. The Balaban J connectivity index is 1.58. The molecule has 1 saturated heterocycles. The lowest BCUT2D eigenvalue weighted by molar-refractivity contribution is 0.0601. The molecule has 0 radical (unpaired) electrons. The van der Waals surface area contributed by atoms with Gasteiger partial charge in [-0.15, -0.1) is 11.8 Å². The van der Waals surface area contributed by atoms with Crippen LogP contribution < -0.4 is 5.32 Å². The van der Waals surface area contributed by atoms with Gasteiger partial charge in [0.15, 0.2) is 0 Å². The predicted molar refractivity (Wildman–Crippen MR) is 95.4 cm³/mol. The first-order valence-electron chi connectivity index (χ1n) is 8.37. The minimum Gasteiger partial charge on any atom is -0.465 e. The first-order chi connectivity index (χ1) is 11.1. The molecular weight excluding hydrogens is 330 g/mol. The predicted octanol–water partition coefficient (Wildman–Crippen LogP) is 4.53. The molecule has 1 aromatic rings. The number of ether oxygens (including phenoxy) is 1. The molecule has 0 unspecified atom stereocenters. The largest absolute Gasteiger partial charge is 0.465 e. The van der Waals surface area contributed by atoms with E-state index in [0.29, 0.717) is 21.3 Å². The quantitative estimate of drug-likeness (QED) is 0.810. The van der Waals surface area contributed by atoms with Crippen LogP contribution in [0.2, 0.25) is 5.02 Å². The Morgan fingerprint density at radius 2 is 1.96 bits per heavy atom. The summed E-state index contributed by atoms with van der Waals surface area (Å²) < 4.78 is 4.74. The van der Waals surface area contributed by atoms with E-state index in [1.807, 2.05) is 23.9 Å². The number of rotatable bonds is 3. The third kappa shape index (κ3) is 4.04. The maximum absolute atomic E-state index is 11.6. The Morgan fingerprint density at radius 3 is 2.57 bits per heavy atom. The molecule has 126 valence electrons. The van der Waals surface area contributed by atoms with Crippen LogP contribution in [0.15, 0.2) is 23.1 Å². The summed E-state index contributed by atoms with van der Waals surface area (Å²) in [5.41, 5.74) is 1.05. The van der Waals surface area contributed by atoms with E-state index in [0.717, 1.165) is 4.90 Å². The van der Waals surface area contributed by atoms with E-state index in [9.17, 15) is 4.79 Å². The van der Waals surface area contributed by atoms with Crippen LogP contribution in [0.1, 0.15) is 48.9 Å². The minimum absolute atomic E-state index is 0.378. The number of thioether (sulfide) groups is 1. The molecule has 1 aromatic carbocycles. The first kappa shape index (κ1) is 17.1. The Kier molecular flexibility index (Phi) is 5.55.